The van der Waals surface area contributed by atoms with Crippen molar-refractivity contribution in [2.24, 2.45) is 0 Å². The molecule has 8 nitrogen and oxygen atoms in total. The third-order valence-electron chi connectivity index (χ3n) is 5.19. The molecule has 0 aliphatic carbocycles. The Kier molecular flexibility index (Phi) is 6.09. The topological polar surface area (TPSA) is 104 Å². The van der Waals surface area contributed by atoms with Crippen molar-refractivity contribution in [2.45, 2.75) is 31.6 Å². The highest BCUT2D eigenvalue weighted by Gasteiger charge is 2.17. The highest BCUT2D eigenvalue weighted by Crippen LogP contribution is 2.23. The van der Waals surface area contributed by atoms with E-state index in [0.717, 1.165) is 43.3 Å². The Morgan fingerprint density at radius 1 is 0.969 bits per heavy atom. The zero-order valence-corrected chi connectivity index (χ0v) is 18.8. The molecule has 32 heavy (non-hydrogen) atoms. The molecule has 1 fully saturated rings. The molecule has 4 rings (SSSR count). The lowest BCUT2D eigenvalue weighted by Crippen LogP contribution is -2.21. The maximum Gasteiger partial charge on any atom is 0.261 e. The maximum atomic E-state index is 12.7. The number of ketones is 1. The number of hydrogen-bond donors (Lipinski definition) is 2. The molecule has 1 aliphatic rings. The lowest BCUT2D eigenvalue weighted by atomic mass is 10.2. The second-order valence-electron chi connectivity index (χ2n) is 7.78. The molecule has 0 spiro atoms. The van der Waals surface area contributed by atoms with E-state index in [1.54, 1.807) is 36.4 Å². The van der Waals surface area contributed by atoms with Crippen LogP contribution in [0.25, 0.3) is 0 Å². The molecule has 0 bridgehead atoms. The third kappa shape index (κ3) is 5.05. The van der Waals surface area contributed by atoms with Gasteiger partial charge in [0.1, 0.15) is 5.82 Å². The highest BCUT2D eigenvalue weighted by molar-refractivity contribution is 7.92. The van der Waals surface area contributed by atoms with Gasteiger partial charge in [-0.05, 0) is 63.1 Å². The van der Waals surface area contributed by atoms with Gasteiger partial charge in [-0.1, -0.05) is 12.1 Å². The summed E-state index contributed by atoms with van der Waals surface area (Å²) in [6, 6.07) is 14.7. The van der Waals surface area contributed by atoms with Crippen LogP contribution in [0.5, 0.6) is 0 Å². The Hall–Kier alpha value is -3.46. The summed E-state index contributed by atoms with van der Waals surface area (Å²) in [5.74, 6) is 1.22. The van der Waals surface area contributed by atoms with E-state index in [0.29, 0.717) is 17.1 Å². The van der Waals surface area contributed by atoms with Crippen molar-refractivity contribution >= 4 is 38.9 Å². The number of aromatic nitrogens is 2. The molecule has 2 N–H and O–H groups in total. The molecule has 0 atom stereocenters. The molecule has 2 aromatic carbocycles. The van der Waals surface area contributed by atoms with E-state index in [1.165, 1.54) is 19.1 Å². The van der Waals surface area contributed by atoms with E-state index in [1.807, 2.05) is 13.0 Å². The van der Waals surface area contributed by atoms with Gasteiger partial charge in [0.25, 0.3) is 10.0 Å². The molecule has 0 unspecified atom stereocenters. The SMILES string of the molecule is CC(=O)c1cccc(S(=O)(=O)Nc2ccc(Nc3cc(C)nc(N4CCCC4)n3)cc2)c1. The van der Waals surface area contributed by atoms with Crippen molar-refractivity contribution in [1.82, 2.24) is 9.97 Å². The minimum atomic E-state index is -3.81. The second kappa shape index (κ2) is 8.96. The first-order valence-corrected chi connectivity index (χ1v) is 11.9. The van der Waals surface area contributed by atoms with Gasteiger partial charge >= 0.3 is 0 Å². The zero-order chi connectivity index (χ0) is 22.7. The molecule has 0 radical (unpaired) electrons. The third-order valence-corrected chi connectivity index (χ3v) is 6.57. The van der Waals surface area contributed by atoms with Crippen LogP contribution in [0.15, 0.2) is 59.5 Å². The molecule has 1 aromatic heterocycles. The Morgan fingerprint density at radius 3 is 2.34 bits per heavy atom. The zero-order valence-electron chi connectivity index (χ0n) is 18.0. The summed E-state index contributed by atoms with van der Waals surface area (Å²) in [7, 11) is -3.81. The van der Waals surface area contributed by atoms with Crippen LogP contribution < -0.4 is 14.9 Å². The van der Waals surface area contributed by atoms with Gasteiger partial charge in [-0.15, -0.1) is 0 Å². The van der Waals surface area contributed by atoms with Crippen LogP contribution in [0.4, 0.5) is 23.1 Å². The number of aryl methyl sites for hydroxylation is 1. The molecule has 1 saturated heterocycles. The molecular formula is C23H25N5O3S. The number of anilines is 4. The average Bonchev–Trinajstić information content (AvgIpc) is 3.30. The standard InChI is InChI=1S/C23H25N5O3S/c1-16-14-22(26-23(24-16)28-12-3-4-13-28)25-19-8-10-20(11-9-19)27-32(30,31)21-7-5-6-18(15-21)17(2)29/h5-11,14-15,27H,3-4,12-13H2,1-2H3,(H,24,25,26). The van der Waals surface area contributed by atoms with Gasteiger partial charge in [-0.3, -0.25) is 9.52 Å². The summed E-state index contributed by atoms with van der Waals surface area (Å²) in [6.45, 7) is 5.27. The summed E-state index contributed by atoms with van der Waals surface area (Å²) >= 11 is 0. The molecule has 2 heterocycles. The fourth-order valence-corrected chi connectivity index (χ4v) is 4.65. The first kappa shape index (κ1) is 21.8. The van der Waals surface area contributed by atoms with E-state index in [4.69, 9.17) is 0 Å². The summed E-state index contributed by atoms with van der Waals surface area (Å²) in [6.07, 6.45) is 2.30. The summed E-state index contributed by atoms with van der Waals surface area (Å²) < 4.78 is 27.9. The number of sulfonamides is 1. The minimum absolute atomic E-state index is 0.0401. The number of nitrogens with one attached hydrogen (secondary N) is 2. The van der Waals surface area contributed by atoms with E-state index in [-0.39, 0.29) is 10.7 Å². The van der Waals surface area contributed by atoms with E-state index < -0.39 is 10.0 Å². The van der Waals surface area contributed by atoms with Gasteiger partial charge in [0.2, 0.25) is 5.95 Å². The van der Waals surface area contributed by atoms with Crippen LogP contribution >= 0.6 is 0 Å². The molecular weight excluding hydrogens is 426 g/mol. The fourth-order valence-electron chi connectivity index (χ4n) is 3.54. The number of hydrogen-bond acceptors (Lipinski definition) is 7. The van der Waals surface area contributed by atoms with Crippen molar-refractivity contribution in [3.63, 3.8) is 0 Å². The molecule has 3 aromatic rings. The Balaban J connectivity index is 1.48. The lowest BCUT2D eigenvalue weighted by molar-refractivity contribution is 0.101. The van der Waals surface area contributed by atoms with Gasteiger partial charge in [0.15, 0.2) is 5.78 Å². The number of Topliss-reactive ketones (excluding diaryl/α,β-unsaturated/α-hetero) is 1. The van der Waals surface area contributed by atoms with E-state index in [9.17, 15) is 13.2 Å². The number of carbonyl (C=O) groups excluding carboxylic acids is 1. The van der Waals surface area contributed by atoms with Gasteiger partial charge in [-0.25, -0.2) is 13.4 Å². The molecule has 0 amide bonds. The average molecular weight is 452 g/mol. The van der Waals surface area contributed by atoms with Gasteiger partial charge in [0, 0.05) is 41.8 Å². The molecule has 9 heteroatoms. The first-order chi connectivity index (χ1) is 15.3. The fraction of sp³-hybridized carbons (Fsp3) is 0.261. The Labute approximate surface area is 187 Å². The van der Waals surface area contributed by atoms with Gasteiger partial charge < -0.3 is 10.2 Å². The molecule has 1 aliphatic heterocycles. The largest absolute Gasteiger partial charge is 0.341 e. The van der Waals surface area contributed by atoms with Crippen molar-refractivity contribution in [3.05, 3.63) is 65.9 Å². The summed E-state index contributed by atoms with van der Waals surface area (Å²) in [4.78, 5) is 22.9. The van der Waals surface area contributed by atoms with E-state index >= 15 is 0 Å². The minimum Gasteiger partial charge on any atom is -0.341 e. The molecule has 0 saturated carbocycles. The first-order valence-electron chi connectivity index (χ1n) is 10.4. The predicted octanol–water partition coefficient (Wildman–Crippen LogP) is 4.13. The second-order valence-corrected chi connectivity index (χ2v) is 9.46. The predicted molar refractivity (Wildman–Crippen MR) is 125 cm³/mol. The normalized spacial score (nSPS) is 13.8. The van der Waals surface area contributed by atoms with E-state index in [2.05, 4.69) is 24.9 Å². The Morgan fingerprint density at radius 2 is 1.66 bits per heavy atom. The van der Waals surface area contributed by atoms with Crippen LogP contribution in [-0.2, 0) is 10.0 Å². The number of carbonyl (C=O) groups is 1. The Bertz CT molecular complexity index is 1240. The number of nitrogens with zero attached hydrogens (tertiary/aromatic N) is 3. The van der Waals surface area contributed by atoms with Crippen LogP contribution in [0, 0.1) is 6.92 Å². The van der Waals surface area contributed by atoms with Gasteiger partial charge in [-0.2, -0.15) is 4.98 Å². The van der Waals surface area contributed by atoms with Crippen molar-refractivity contribution in [2.75, 3.05) is 28.0 Å². The van der Waals surface area contributed by atoms with Gasteiger partial charge in [0.05, 0.1) is 4.90 Å². The van der Waals surface area contributed by atoms with Crippen molar-refractivity contribution in [1.29, 1.82) is 0 Å². The van der Waals surface area contributed by atoms with Crippen molar-refractivity contribution < 1.29 is 13.2 Å². The van der Waals surface area contributed by atoms with Crippen molar-refractivity contribution in [3.8, 4) is 0 Å². The van der Waals surface area contributed by atoms with Crippen LogP contribution in [-0.4, -0.2) is 37.3 Å². The smallest absolute Gasteiger partial charge is 0.261 e. The monoisotopic (exact) mass is 451 g/mol. The number of rotatable bonds is 7. The highest BCUT2D eigenvalue weighted by atomic mass is 32.2. The van der Waals surface area contributed by atoms with Crippen LogP contribution in [0.2, 0.25) is 0 Å². The summed E-state index contributed by atoms with van der Waals surface area (Å²) in [5, 5.41) is 3.26. The summed E-state index contributed by atoms with van der Waals surface area (Å²) in [5.41, 5.74) is 2.42. The van der Waals surface area contributed by atoms with Crippen LogP contribution in [0.1, 0.15) is 35.8 Å². The number of benzene rings is 2. The lowest BCUT2D eigenvalue weighted by Gasteiger charge is -2.17. The maximum absolute atomic E-state index is 12.7. The molecule has 166 valence electrons. The van der Waals surface area contributed by atoms with Crippen LogP contribution in [0.3, 0.4) is 0 Å². The quantitative estimate of drug-likeness (QED) is 0.520.